The monoisotopic (exact) mass is 371 g/mol. The van der Waals surface area contributed by atoms with E-state index in [0.29, 0.717) is 13.0 Å². The van der Waals surface area contributed by atoms with Gasteiger partial charge in [0.25, 0.3) is 0 Å². The van der Waals surface area contributed by atoms with E-state index in [2.05, 4.69) is 6.92 Å². The Morgan fingerprint density at radius 1 is 1.19 bits per heavy atom. The molecular weight excluding hydrogens is 338 g/mol. The zero-order valence-corrected chi connectivity index (χ0v) is 16.7. The summed E-state index contributed by atoms with van der Waals surface area (Å²) in [7, 11) is 0. The van der Waals surface area contributed by atoms with Crippen LogP contribution in [0, 0.1) is 0 Å². The van der Waals surface area contributed by atoms with Crippen LogP contribution in [0.3, 0.4) is 0 Å². The highest BCUT2D eigenvalue weighted by molar-refractivity contribution is 5.67. The highest BCUT2D eigenvalue weighted by atomic mass is 16.5. The van der Waals surface area contributed by atoms with Crippen LogP contribution in [-0.4, -0.2) is 24.4 Å². The molecule has 1 aliphatic carbocycles. The molecule has 148 valence electrons. The van der Waals surface area contributed by atoms with Gasteiger partial charge in [0.05, 0.1) is 0 Å². The van der Waals surface area contributed by atoms with Crippen LogP contribution in [0.5, 0.6) is 0 Å². The quantitative estimate of drug-likeness (QED) is 0.272. The van der Waals surface area contributed by atoms with Crippen molar-refractivity contribution in [2.24, 2.45) is 5.73 Å². The smallest absolute Gasteiger partial charge is 0.303 e. The molecule has 2 atom stereocenters. The number of benzene rings is 1. The topological polar surface area (TPSA) is 61.6 Å². The summed E-state index contributed by atoms with van der Waals surface area (Å²) in [5.74, 6) is -0.305. The number of rotatable bonds is 10. The molecule has 2 N–H and O–H groups in total. The number of unbranched alkanes of at least 4 members (excludes halogenated alkanes) is 5. The maximum Gasteiger partial charge on any atom is 0.303 e. The zero-order chi connectivity index (χ0) is 19.5. The summed E-state index contributed by atoms with van der Waals surface area (Å²) in [5.41, 5.74) is 7.62. The molecule has 0 bridgehead atoms. The molecule has 0 amide bonds. The third kappa shape index (κ3) is 7.69. The zero-order valence-electron chi connectivity index (χ0n) is 16.7. The highest BCUT2D eigenvalue weighted by Crippen LogP contribution is 2.30. The molecule has 0 saturated heterocycles. The lowest BCUT2D eigenvalue weighted by atomic mass is 9.90. The minimum atomic E-state index is -0.847. The maximum absolute atomic E-state index is 11.4. The van der Waals surface area contributed by atoms with E-state index >= 15 is 0 Å². The van der Waals surface area contributed by atoms with Crippen LogP contribution < -0.4 is 5.73 Å². The van der Waals surface area contributed by atoms with E-state index in [1.807, 2.05) is 48.6 Å². The van der Waals surface area contributed by atoms with Crippen molar-refractivity contribution in [2.75, 3.05) is 6.61 Å². The summed E-state index contributed by atoms with van der Waals surface area (Å²) in [6.45, 7) is 4.29. The molecule has 0 spiro atoms. The van der Waals surface area contributed by atoms with Crippen molar-refractivity contribution in [3.05, 3.63) is 53.6 Å². The third-order valence-electron chi connectivity index (χ3n) is 4.71. The van der Waals surface area contributed by atoms with Crippen molar-refractivity contribution in [3.63, 3.8) is 0 Å². The average molecular weight is 372 g/mol. The van der Waals surface area contributed by atoms with Crippen molar-refractivity contribution in [3.8, 4) is 0 Å². The molecule has 1 aromatic carbocycles. The minimum Gasteiger partial charge on any atom is -0.454 e. The van der Waals surface area contributed by atoms with E-state index in [1.54, 1.807) is 0 Å². The molecular formula is C23H33NO3. The highest BCUT2D eigenvalue weighted by Gasteiger charge is 2.32. The second-order valence-corrected chi connectivity index (χ2v) is 7.27. The molecule has 27 heavy (non-hydrogen) atoms. The van der Waals surface area contributed by atoms with Crippen molar-refractivity contribution in [1.82, 2.24) is 0 Å². The number of hydrogen-bond donors (Lipinski definition) is 1. The van der Waals surface area contributed by atoms with Gasteiger partial charge in [-0.3, -0.25) is 10.5 Å². The summed E-state index contributed by atoms with van der Waals surface area (Å²) in [5, 5.41) is 0. The van der Waals surface area contributed by atoms with Crippen molar-refractivity contribution < 1.29 is 14.3 Å². The Kier molecular flexibility index (Phi) is 8.76. The predicted molar refractivity (Wildman–Crippen MR) is 110 cm³/mol. The number of carbonyl (C=O) groups is 1. The van der Waals surface area contributed by atoms with Crippen LogP contribution in [0.15, 0.2) is 48.1 Å². The van der Waals surface area contributed by atoms with Gasteiger partial charge in [0.1, 0.15) is 11.8 Å². The largest absolute Gasteiger partial charge is 0.454 e. The van der Waals surface area contributed by atoms with Crippen LogP contribution >= 0.6 is 0 Å². The number of esters is 1. The average Bonchev–Trinajstić information content (AvgIpc) is 2.64. The van der Waals surface area contributed by atoms with Gasteiger partial charge in [-0.15, -0.1) is 0 Å². The molecule has 0 fully saturated rings. The van der Waals surface area contributed by atoms with Gasteiger partial charge in [0, 0.05) is 20.0 Å². The van der Waals surface area contributed by atoms with Crippen molar-refractivity contribution in [1.29, 1.82) is 0 Å². The molecule has 1 aliphatic rings. The summed E-state index contributed by atoms with van der Waals surface area (Å²) < 4.78 is 11.5. The van der Waals surface area contributed by atoms with E-state index in [0.717, 1.165) is 17.6 Å². The molecule has 0 aliphatic heterocycles. The number of ether oxygens (including phenoxy) is 2. The molecule has 2 unspecified atom stereocenters. The Balaban J connectivity index is 1.98. The fourth-order valence-electron chi connectivity index (χ4n) is 3.29. The number of hydrogen-bond acceptors (Lipinski definition) is 4. The van der Waals surface area contributed by atoms with Crippen LogP contribution in [-0.2, 0) is 14.3 Å². The van der Waals surface area contributed by atoms with E-state index in [1.165, 1.54) is 39.0 Å². The van der Waals surface area contributed by atoms with Crippen molar-refractivity contribution >= 4 is 12.0 Å². The van der Waals surface area contributed by atoms with Crippen LogP contribution in [0.1, 0.15) is 64.4 Å². The third-order valence-corrected chi connectivity index (χ3v) is 4.71. The van der Waals surface area contributed by atoms with Crippen molar-refractivity contribution in [2.45, 2.75) is 70.6 Å². The van der Waals surface area contributed by atoms with E-state index in [-0.39, 0.29) is 5.97 Å². The first-order chi connectivity index (χ1) is 13.0. The summed E-state index contributed by atoms with van der Waals surface area (Å²) >= 11 is 0. The van der Waals surface area contributed by atoms with Gasteiger partial charge < -0.3 is 9.47 Å². The van der Waals surface area contributed by atoms with E-state index in [4.69, 9.17) is 15.2 Å². The SMILES string of the molecule is CCCCCCCCOC1(N)C=CC(OC(C)=O)C(=Cc2ccccc2)C1. The van der Waals surface area contributed by atoms with Gasteiger partial charge >= 0.3 is 5.97 Å². The second-order valence-electron chi connectivity index (χ2n) is 7.27. The summed E-state index contributed by atoms with van der Waals surface area (Å²) in [4.78, 5) is 11.4. The van der Waals surface area contributed by atoms with Gasteiger partial charge in [-0.2, -0.15) is 0 Å². The first-order valence-electron chi connectivity index (χ1n) is 10.1. The van der Waals surface area contributed by atoms with Gasteiger partial charge in [-0.1, -0.05) is 75.4 Å². The lowest BCUT2D eigenvalue weighted by Gasteiger charge is -2.34. The predicted octanol–water partition coefficient (Wildman–Crippen LogP) is 4.99. The van der Waals surface area contributed by atoms with Gasteiger partial charge in [-0.05, 0) is 29.7 Å². The number of nitrogens with two attached hydrogens (primary N) is 1. The molecule has 4 nitrogen and oxygen atoms in total. The van der Waals surface area contributed by atoms with E-state index in [9.17, 15) is 4.79 Å². The minimum absolute atomic E-state index is 0.305. The Morgan fingerprint density at radius 3 is 2.59 bits per heavy atom. The normalized spacial score (nSPS) is 23.5. The Hall–Kier alpha value is -1.91. The molecule has 1 aromatic rings. The number of carbonyl (C=O) groups excluding carboxylic acids is 1. The second kappa shape index (κ2) is 11.1. The Labute approximate surface area is 163 Å². The lowest BCUT2D eigenvalue weighted by molar-refractivity contribution is -0.143. The van der Waals surface area contributed by atoms with Gasteiger partial charge in [-0.25, -0.2) is 0 Å². The van der Waals surface area contributed by atoms with Gasteiger partial charge in [0.15, 0.2) is 0 Å². The Bertz CT molecular complexity index is 638. The standard InChI is InChI=1S/C23H33NO3/c1-3-4-5-6-7-11-16-26-23(24)15-14-22(27-19(2)25)21(18-23)17-20-12-9-8-10-13-20/h8-10,12-15,17,22H,3-7,11,16,18,24H2,1-2H3. The van der Waals surface area contributed by atoms with Crippen LogP contribution in [0.4, 0.5) is 0 Å². The Morgan fingerprint density at radius 2 is 1.89 bits per heavy atom. The van der Waals surface area contributed by atoms with E-state index < -0.39 is 11.8 Å². The van der Waals surface area contributed by atoms with Gasteiger partial charge in [0.2, 0.25) is 0 Å². The molecule has 2 rings (SSSR count). The molecule has 0 heterocycles. The summed E-state index contributed by atoms with van der Waals surface area (Å²) in [6, 6.07) is 9.98. The fourth-order valence-corrected chi connectivity index (χ4v) is 3.29. The molecule has 0 radical (unpaired) electrons. The fraction of sp³-hybridized carbons (Fsp3) is 0.522. The molecule has 0 saturated carbocycles. The first-order valence-corrected chi connectivity index (χ1v) is 10.1. The molecule has 4 heteroatoms. The van der Waals surface area contributed by atoms with Crippen LogP contribution in [0.2, 0.25) is 0 Å². The molecule has 0 aromatic heterocycles. The lowest BCUT2D eigenvalue weighted by Crippen LogP contribution is -2.45. The first kappa shape index (κ1) is 21.4. The maximum atomic E-state index is 11.4. The summed E-state index contributed by atoms with van der Waals surface area (Å²) in [6.07, 6.45) is 13.1. The van der Waals surface area contributed by atoms with Crippen LogP contribution in [0.25, 0.3) is 6.08 Å².